The number of rotatable bonds is 3. The Labute approximate surface area is 89.8 Å². The van der Waals surface area contributed by atoms with Gasteiger partial charge in [0.1, 0.15) is 5.82 Å². The van der Waals surface area contributed by atoms with Gasteiger partial charge in [-0.1, -0.05) is 13.8 Å². The molecule has 0 aliphatic heterocycles. The highest BCUT2D eigenvalue weighted by molar-refractivity contribution is 5.39. The molecule has 2 N–H and O–H groups in total. The molecule has 1 fully saturated rings. The third-order valence-corrected chi connectivity index (χ3v) is 2.67. The third kappa shape index (κ3) is 2.45. The third-order valence-electron chi connectivity index (χ3n) is 2.67. The normalized spacial score (nSPS) is 25.1. The predicted molar refractivity (Wildman–Crippen MR) is 58.8 cm³/mol. The summed E-state index contributed by atoms with van der Waals surface area (Å²) >= 11 is 0. The van der Waals surface area contributed by atoms with E-state index in [0.29, 0.717) is 12.0 Å². The van der Waals surface area contributed by atoms with E-state index in [1.165, 1.54) is 0 Å². The average Bonchev–Trinajstić information content (AvgIpc) is 2.16. The minimum atomic E-state index is -0.127. The molecule has 4 heteroatoms. The molecule has 0 spiro atoms. The molecule has 1 saturated carbocycles. The zero-order chi connectivity index (χ0) is 10.8. The summed E-state index contributed by atoms with van der Waals surface area (Å²) in [5.74, 6) is 1.23. The fraction of sp³-hybridized carbons (Fsp3) is 0.636. The van der Waals surface area contributed by atoms with Crippen LogP contribution in [0, 0.1) is 0 Å². The van der Waals surface area contributed by atoms with Gasteiger partial charge in [-0.25, -0.2) is 9.97 Å². The van der Waals surface area contributed by atoms with Crippen molar-refractivity contribution in [2.24, 2.45) is 0 Å². The van der Waals surface area contributed by atoms with Crippen LogP contribution in [0.3, 0.4) is 0 Å². The van der Waals surface area contributed by atoms with Gasteiger partial charge in [0.15, 0.2) is 0 Å². The molecular weight excluding hydrogens is 190 g/mol. The van der Waals surface area contributed by atoms with Crippen LogP contribution in [0.1, 0.15) is 38.4 Å². The van der Waals surface area contributed by atoms with Gasteiger partial charge >= 0.3 is 0 Å². The van der Waals surface area contributed by atoms with E-state index in [1.54, 1.807) is 0 Å². The second kappa shape index (κ2) is 4.14. The predicted octanol–water partition coefficient (Wildman–Crippen LogP) is 1.54. The van der Waals surface area contributed by atoms with Gasteiger partial charge in [-0.05, 0) is 12.8 Å². The van der Waals surface area contributed by atoms with Crippen molar-refractivity contribution in [3.63, 3.8) is 0 Å². The number of hydrogen-bond donors (Lipinski definition) is 2. The number of anilines is 1. The van der Waals surface area contributed by atoms with Crippen LogP contribution < -0.4 is 5.32 Å². The van der Waals surface area contributed by atoms with Crippen LogP contribution in [0.15, 0.2) is 12.4 Å². The molecule has 0 saturated heterocycles. The molecule has 0 bridgehead atoms. The lowest BCUT2D eigenvalue weighted by molar-refractivity contribution is 0.0836. The number of nitrogens with zero attached hydrogens (tertiary/aromatic N) is 2. The van der Waals surface area contributed by atoms with Gasteiger partial charge in [0, 0.05) is 12.0 Å². The van der Waals surface area contributed by atoms with E-state index in [-0.39, 0.29) is 6.10 Å². The van der Waals surface area contributed by atoms with Crippen LogP contribution in [0.4, 0.5) is 5.69 Å². The Kier molecular flexibility index (Phi) is 2.86. The summed E-state index contributed by atoms with van der Waals surface area (Å²) in [5, 5.41) is 12.4. The fourth-order valence-corrected chi connectivity index (χ4v) is 1.65. The van der Waals surface area contributed by atoms with Crippen LogP contribution in [0.2, 0.25) is 0 Å². The molecule has 0 unspecified atom stereocenters. The Balaban J connectivity index is 1.92. The number of nitrogens with one attached hydrogen (secondary N) is 1. The van der Waals surface area contributed by atoms with Gasteiger partial charge in [0.25, 0.3) is 0 Å². The largest absolute Gasteiger partial charge is 0.393 e. The minimum absolute atomic E-state index is 0.127. The first-order valence-electron chi connectivity index (χ1n) is 5.41. The number of hydrogen-bond acceptors (Lipinski definition) is 4. The molecule has 1 aliphatic carbocycles. The maximum absolute atomic E-state index is 9.14. The topological polar surface area (TPSA) is 58.0 Å². The summed E-state index contributed by atoms with van der Waals surface area (Å²) in [6.07, 6.45) is 5.15. The number of aromatic nitrogens is 2. The Bertz CT molecular complexity index is 317. The molecule has 1 heterocycles. The lowest BCUT2D eigenvalue weighted by Crippen LogP contribution is -2.39. The summed E-state index contributed by atoms with van der Waals surface area (Å²) in [6, 6.07) is 0.383. The van der Waals surface area contributed by atoms with E-state index in [1.807, 2.05) is 12.4 Å². The summed E-state index contributed by atoms with van der Waals surface area (Å²) in [5.41, 5.74) is 0.941. The fourth-order valence-electron chi connectivity index (χ4n) is 1.65. The summed E-state index contributed by atoms with van der Waals surface area (Å²) in [4.78, 5) is 8.55. The van der Waals surface area contributed by atoms with Gasteiger partial charge in [-0.15, -0.1) is 0 Å². The maximum atomic E-state index is 9.14. The zero-order valence-corrected chi connectivity index (χ0v) is 9.14. The standard InChI is InChI=1S/C11H17N3O/c1-7(2)11-12-5-9(6-13-11)14-8-3-10(15)4-8/h5-8,10,14-15H,3-4H2,1-2H3. The molecule has 1 aromatic heterocycles. The Morgan fingerprint density at radius 2 is 1.93 bits per heavy atom. The van der Waals surface area contributed by atoms with Crippen molar-refractivity contribution in [1.82, 2.24) is 9.97 Å². The van der Waals surface area contributed by atoms with Gasteiger partial charge < -0.3 is 10.4 Å². The van der Waals surface area contributed by atoms with Crippen LogP contribution in [-0.2, 0) is 0 Å². The Hall–Kier alpha value is -1.16. The molecule has 0 radical (unpaired) electrons. The molecular formula is C11H17N3O. The molecule has 1 aliphatic rings. The molecule has 0 aromatic carbocycles. The summed E-state index contributed by atoms with van der Waals surface area (Å²) in [6.45, 7) is 4.15. The van der Waals surface area contributed by atoms with Crippen molar-refractivity contribution in [2.75, 3.05) is 5.32 Å². The van der Waals surface area contributed by atoms with E-state index in [9.17, 15) is 0 Å². The first-order chi connectivity index (χ1) is 7.15. The molecule has 15 heavy (non-hydrogen) atoms. The second-order valence-corrected chi connectivity index (χ2v) is 4.45. The van der Waals surface area contributed by atoms with Gasteiger partial charge in [-0.2, -0.15) is 0 Å². The van der Waals surface area contributed by atoms with E-state index < -0.39 is 0 Å². The van der Waals surface area contributed by atoms with Crippen molar-refractivity contribution in [2.45, 2.75) is 44.8 Å². The first-order valence-corrected chi connectivity index (χ1v) is 5.41. The average molecular weight is 207 g/mol. The highest BCUT2D eigenvalue weighted by atomic mass is 16.3. The molecule has 4 nitrogen and oxygen atoms in total. The highest BCUT2D eigenvalue weighted by Crippen LogP contribution is 2.23. The Morgan fingerprint density at radius 1 is 1.33 bits per heavy atom. The number of aliphatic hydroxyl groups excluding tert-OH is 1. The van der Waals surface area contributed by atoms with Crippen molar-refractivity contribution < 1.29 is 5.11 Å². The molecule has 0 amide bonds. The van der Waals surface area contributed by atoms with Crippen molar-refractivity contribution in [1.29, 1.82) is 0 Å². The van der Waals surface area contributed by atoms with Crippen LogP contribution in [0.5, 0.6) is 0 Å². The van der Waals surface area contributed by atoms with Crippen LogP contribution in [-0.4, -0.2) is 27.2 Å². The quantitative estimate of drug-likeness (QED) is 0.789. The monoisotopic (exact) mass is 207 g/mol. The summed E-state index contributed by atoms with van der Waals surface area (Å²) in [7, 11) is 0. The first kappa shape index (κ1) is 10.4. The maximum Gasteiger partial charge on any atom is 0.130 e. The van der Waals surface area contributed by atoms with Crippen LogP contribution in [0.25, 0.3) is 0 Å². The van der Waals surface area contributed by atoms with E-state index in [4.69, 9.17) is 5.11 Å². The second-order valence-electron chi connectivity index (χ2n) is 4.45. The molecule has 2 rings (SSSR count). The van der Waals surface area contributed by atoms with E-state index >= 15 is 0 Å². The van der Waals surface area contributed by atoms with Gasteiger partial charge in [0.2, 0.25) is 0 Å². The van der Waals surface area contributed by atoms with Crippen molar-refractivity contribution >= 4 is 5.69 Å². The lowest BCUT2D eigenvalue weighted by atomic mass is 9.89. The van der Waals surface area contributed by atoms with Crippen molar-refractivity contribution in [3.8, 4) is 0 Å². The van der Waals surface area contributed by atoms with Crippen LogP contribution >= 0.6 is 0 Å². The van der Waals surface area contributed by atoms with Gasteiger partial charge in [0.05, 0.1) is 24.2 Å². The lowest BCUT2D eigenvalue weighted by Gasteiger charge is -2.32. The zero-order valence-electron chi connectivity index (χ0n) is 9.14. The summed E-state index contributed by atoms with van der Waals surface area (Å²) < 4.78 is 0. The van der Waals surface area contributed by atoms with Crippen molar-refractivity contribution in [3.05, 3.63) is 18.2 Å². The smallest absolute Gasteiger partial charge is 0.130 e. The SMILES string of the molecule is CC(C)c1ncc(NC2CC(O)C2)cn1. The molecule has 82 valence electrons. The molecule has 1 aromatic rings. The van der Waals surface area contributed by atoms with Gasteiger partial charge in [-0.3, -0.25) is 0 Å². The molecule has 0 atom stereocenters. The highest BCUT2D eigenvalue weighted by Gasteiger charge is 2.26. The Morgan fingerprint density at radius 3 is 2.40 bits per heavy atom. The minimum Gasteiger partial charge on any atom is -0.393 e. The van der Waals surface area contributed by atoms with E-state index in [2.05, 4.69) is 29.1 Å². The van der Waals surface area contributed by atoms with E-state index in [0.717, 1.165) is 24.4 Å². The number of aliphatic hydroxyl groups is 1.